The van der Waals surface area contributed by atoms with Gasteiger partial charge in [0.05, 0.1) is 24.6 Å². The Labute approximate surface area is 168 Å². The molecule has 1 heterocycles. The molecule has 1 saturated heterocycles. The van der Waals surface area contributed by atoms with Gasteiger partial charge in [-0.3, -0.25) is 14.5 Å². The molecule has 1 aromatic carbocycles. The van der Waals surface area contributed by atoms with E-state index in [1.807, 2.05) is 39.8 Å². The van der Waals surface area contributed by atoms with Crippen LogP contribution in [0.5, 0.6) is 0 Å². The van der Waals surface area contributed by atoms with Gasteiger partial charge in [0, 0.05) is 18.3 Å². The van der Waals surface area contributed by atoms with E-state index in [4.69, 9.17) is 0 Å². The molecule has 156 valence electrons. The number of nitrogens with one attached hydrogen (secondary N) is 1. The topological polar surface area (TPSA) is 86.8 Å². The minimum Gasteiger partial charge on any atom is -0.338 e. The zero-order valence-electron chi connectivity index (χ0n) is 17.4. The van der Waals surface area contributed by atoms with Crippen molar-refractivity contribution in [1.82, 2.24) is 9.80 Å². The van der Waals surface area contributed by atoms with Gasteiger partial charge >= 0.3 is 0 Å². The number of aryl methyl sites for hydroxylation is 3. The third kappa shape index (κ3) is 5.78. The van der Waals surface area contributed by atoms with Crippen molar-refractivity contribution in [3.8, 4) is 0 Å². The van der Waals surface area contributed by atoms with Crippen molar-refractivity contribution in [3.05, 3.63) is 28.8 Å². The van der Waals surface area contributed by atoms with E-state index in [-0.39, 0.29) is 42.5 Å². The van der Waals surface area contributed by atoms with Gasteiger partial charge in [0.2, 0.25) is 11.8 Å². The first-order chi connectivity index (χ1) is 13.0. The van der Waals surface area contributed by atoms with Crippen LogP contribution in [0.3, 0.4) is 0 Å². The van der Waals surface area contributed by atoms with E-state index < -0.39 is 9.84 Å². The Balaban J connectivity index is 1.93. The van der Waals surface area contributed by atoms with Crippen molar-refractivity contribution in [2.45, 2.75) is 40.2 Å². The first-order valence-corrected chi connectivity index (χ1v) is 11.4. The molecule has 1 atom stereocenters. The normalized spacial score (nSPS) is 18.3. The summed E-state index contributed by atoms with van der Waals surface area (Å²) in [6.45, 7) is 8.39. The van der Waals surface area contributed by atoms with Crippen molar-refractivity contribution < 1.29 is 18.0 Å². The van der Waals surface area contributed by atoms with Crippen LogP contribution in [0.15, 0.2) is 12.1 Å². The molecule has 0 spiro atoms. The predicted molar refractivity (Wildman–Crippen MR) is 111 cm³/mol. The monoisotopic (exact) mass is 409 g/mol. The minimum atomic E-state index is -3.05. The molecule has 1 aliphatic rings. The van der Waals surface area contributed by atoms with Crippen LogP contribution < -0.4 is 5.32 Å². The van der Waals surface area contributed by atoms with Gasteiger partial charge in [-0.15, -0.1) is 0 Å². The molecule has 0 bridgehead atoms. The number of rotatable bonds is 7. The largest absolute Gasteiger partial charge is 0.338 e. The Hall–Kier alpha value is -1.93. The summed E-state index contributed by atoms with van der Waals surface area (Å²) in [5.74, 6) is -0.169. The van der Waals surface area contributed by atoms with Crippen LogP contribution in [-0.2, 0) is 19.4 Å². The average Bonchev–Trinajstić information content (AvgIpc) is 2.91. The highest BCUT2D eigenvalue weighted by atomic mass is 32.2. The molecule has 0 radical (unpaired) electrons. The Morgan fingerprint density at radius 2 is 1.75 bits per heavy atom. The van der Waals surface area contributed by atoms with Gasteiger partial charge in [-0.2, -0.15) is 0 Å². The van der Waals surface area contributed by atoms with Gasteiger partial charge in [0.15, 0.2) is 9.84 Å². The summed E-state index contributed by atoms with van der Waals surface area (Å²) in [7, 11) is -1.34. The summed E-state index contributed by atoms with van der Waals surface area (Å²) >= 11 is 0. The van der Waals surface area contributed by atoms with Crippen molar-refractivity contribution in [2.24, 2.45) is 0 Å². The second-order valence-corrected chi connectivity index (χ2v) is 9.96. The maximum atomic E-state index is 12.6. The second-order valence-electron chi connectivity index (χ2n) is 7.73. The quantitative estimate of drug-likeness (QED) is 0.738. The van der Waals surface area contributed by atoms with E-state index in [1.165, 1.54) is 0 Å². The van der Waals surface area contributed by atoms with Crippen molar-refractivity contribution in [3.63, 3.8) is 0 Å². The number of hydrogen-bond donors (Lipinski definition) is 1. The van der Waals surface area contributed by atoms with Gasteiger partial charge in [-0.05, 0) is 52.3 Å². The average molecular weight is 410 g/mol. The highest BCUT2D eigenvalue weighted by molar-refractivity contribution is 7.91. The van der Waals surface area contributed by atoms with E-state index >= 15 is 0 Å². The smallest absolute Gasteiger partial charge is 0.238 e. The van der Waals surface area contributed by atoms with Gasteiger partial charge in [0.25, 0.3) is 0 Å². The van der Waals surface area contributed by atoms with Crippen molar-refractivity contribution in [1.29, 1.82) is 0 Å². The predicted octanol–water partition coefficient (Wildman–Crippen LogP) is 1.52. The molecular formula is C20H31N3O4S. The van der Waals surface area contributed by atoms with Gasteiger partial charge in [-0.1, -0.05) is 17.7 Å². The van der Waals surface area contributed by atoms with E-state index in [2.05, 4.69) is 5.32 Å². The van der Waals surface area contributed by atoms with Crippen LogP contribution in [0.25, 0.3) is 0 Å². The Bertz CT molecular complexity index is 828. The summed E-state index contributed by atoms with van der Waals surface area (Å²) in [6, 6.07) is 3.78. The number of hydrogen-bond acceptors (Lipinski definition) is 5. The fraction of sp³-hybridized carbons (Fsp3) is 0.600. The number of carbonyl (C=O) groups excluding carboxylic acids is 2. The van der Waals surface area contributed by atoms with E-state index in [9.17, 15) is 18.0 Å². The number of anilines is 1. The first-order valence-electron chi connectivity index (χ1n) is 9.58. The van der Waals surface area contributed by atoms with Gasteiger partial charge in [0.1, 0.15) is 0 Å². The SMILES string of the molecule is CCN(C(=O)CN(C)CC(=O)Nc1c(C)cc(C)cc1C)[C@H]1CCS(=O)(=O)C1. The molecule has 1 aliphatic heterocycles. The molecule has 0 saturated carbocycles. The lowest BCUT2D eigenvalue weighted by atomic mass is 10.1. The molecule has 1 fully saturated rings. The maximum Gasteiger partial charge on any atom is 0.238 e. The molecular weight excluding hydrogens is 378 g/mol. The van der Waals surface area contributed by atoms with Crippen LogP contribution in [0, 0.1) is 20.8 Å². The number of carbonyl (C=O) groups is 2. The molecule has 0 aromatic heterocycles. The standard InChI is InChI=1S/C20H31N3O4S/c1-6-23(17-7-8-28(26,27)13-17)19(25)12-22(5)11-18(24)21-20-15(3)9-14(2)10-16(20)4/h9-10,17H,6-8,11-13H2,1-5H3,(H,21,24)/t17-/m0/s1. The molecule has 2 amide bonds. The van der Waals surface area contributed by atoms with Crippen LogP contribution in [0.2, 0.25) is 0 Å². The van der Waals surface area contributed by atoms with E-state index in [0.29, 0.717) is 13.0 Å². The maximum absolute atomic E-state index is 12.6. The highest BCUT2D eigenvalue weighted by Crippen LogP contribution is 2.22. The highest BCUT2D eigenvalue weighted by Gasteiger charge is 2.34. The summed E-state index contributed by atoms with van der Waals surface area (Å²) in [6.07, 6.45) is 0.484. The zero-order valence-corrected chi connectivity index (χ0v) is 18.2. The molecule has 1 N–H and O–H groups in total. The summed E-state index contributed by atoms with van der Waals surface area (Å²) in [5, 5.41) is 2.93. The lowest BCUT2D eigenvalue weighted by Gasteiger charge is -2.29. The Morgan fingerprint density at radius 3 is 2.25 bits per heavy atom. The minimum absolute atomic E-state index is 0.0305. The first kappa shape index (κ1) is 22.4. The second kappa shape index (κ2) is 9.05. The molecule has 0 unspecified atom stereocenters. The molecule has 8 heteroatoms. The summed E-state index contributed by atoms with van der Waals surface area (Å²) < 4.78 is 23.4. The van der Waals surface area contributed by atoms with Gasteiger partial charge < -0.3 is 10.2 Å². The summed E-state index contributed by atoms with van der Waals surface area (Å²) in [4.78, 5) is 28.3. The van der Waals surface area contributed by atoms with Crippen LogP contribution in [0.4, 0.5) is 5.69 Å². The number of nitrogens with zero attached hydrogens (tertiary/aromatic N) is 2. The molecule has 28 heavy (non-hydrogen) atoms. The van der Waals surface area contributed by atoms with E-state index in [1.54, 1.807) is 16.8 Å². The van der Waals surface area contributed by atoms with Crippen LogP contribution in [-0.4, -0.2) is 74.3 Å². The summed E-state index contributed by atoms with van der Waals surface area (Å²) in [5.41, 5.74) is 3.96. The van der Waals surface area contributed by atoms with Gasteiger partial charge in [-0.25, -0.2) is 8.42 Å². The third-order valence-electron chi connectivity index (χ3n) is 5.07. The van der Waals surface area contributed by atoms with Crippen molar-refractivity contribution in [2.75, 3.05) is 43.5 Å². The van der Waals surface area contributed by atoms with Crippen molar-refractivity contribution >= 4 is 27.3 Å². The molecule has 2 rings (SSSR count). The zero-order chi connectivity index (χ0) is 21.1. The molecule has 1 aromatic rings. The molecule has 7 nitrogen and oxygen atoms in total. The van der Waals surface area contributed by atoms with Crippen LogP contribution >= 0.6 is 0 Å². The number of sulfone groups is 1. The Kier molecular flexibility index (Phi) is 7.22. The fourth-order valence-corrected chi connectivity index (χ4v) is 5.57. The van der Waals surface area contributed by atoms with Crippen LogP contribution in [0.1, 0.15) is 30.0 Å². The van der Waals surface area contributed by atoms with E-state index in [0.717, 1.165) is 22.4 Å². The Morgan fingerprint density at radius 1 is 1.14 bits per heavy atom. The number of amides is 2. The lowest BCUT2D eigenvalue weighted by molar-refractivity contribution is -0.134. The third-order valence-corrected chi connectivity index (χ3v) is 6.82. The number of benzene rings is 1. The number of likely N-dealkylation sites (N-methyl/N-ethyl adjacent to an activating group) is 2. The fourth-order valence-electron chi connectivity index (χ4n) is 3.84. The molecule has 0 aliphatic carbocycles. The lowest BCUT2D eigenvalue weighted by Crippen LogP contribution is -2.46.